The Labute approximate surface area is 85.3 Å². The molecule has 0 amide bonds. The molecule has 1 aromatic carbocycles. The fraction of sp³-hybridized carbons (Fsp3) is 0.400. The molecule has 13 heavy (non-hydrogen) atoms. The van der Waals surface area contributed by atoms with Crippen LogP contribution in [-0.4, -0.2) is 16.8 Å². The van der Waals surface area contributed by atoms with Gasteiger partial charge in [-0.05, 0) is 29.7 Å². The van der Waals surface area contributed by atoms with Gasteiger partial charge in [0.15, 0.2) is 0 Å². The molecule has 0 saturated heterocycles. The van der Waals surface area contributed by atoms with Gasteiger partial charge in [-0.3, -0.25) is 0 Å². The van der Waals surface area contributed by atoms with Gasteiger partial charge < -0.3 is 10.2 Å². The third-order valence-corrected chi connectivity index (χ3v) is 3.07. The number of aliphatic hydroxyl groups is 2. The van der Waals surface area contributed by atoms with Crippen LogP contribution in [0.1, 0.15) is 29.6 Å². The van der Waals surface area contributed by atoms with Crippen LogP contribution in [-0.2, 0) is 0 Å². The van der Waals surface area contributed by atoms with Gasteiger partial charge in [-0.25, -0.2) is 0 Å². The highest BCUT2D eigenvalue weighted by atomic mass is 79.9. The first kappa shape index (κ1) is 9.19. The molecule has 0 unspecified atom stereocenters. The molecule has 0 aliphatic heterocycles. The van der Waals surface area contributed by atoms with E-state index in [2.05, 4.69) is 15.9 Å². The van der Waals surface area contributed by atoms with Crippen molar-refractivity contribution in [2.45, 2.75) is 18.4 Å². The third kappa shape index (κ3) is 1.52. The normalized spacial score (nSPS) is 26.1. The van der Waals surface area contributed by atoms with Crippen LogP contribution in [0.5, 0.6) is 0 Å². The lowest BCUT2D eigenvalue weighted by Crippen LogP contribution is -1.98. The molecular formula is C10H11BrO2. The van der Waals surface area contributed by atoms with Crippen LogP contribution in [0.2, 0.25) is 0 Å². The number of halogens is 1. The summed E-state index contributed by atoms with van der Waals surface area (Å²) in [5, 5.41) is 18.8. The van der Waals surface area contributed by atoms with E-state index in [9.17, 15) is 5.11 Å². The van der Waals surface area contributed by atoms with Crippen molar-refractivity contribution in [2.75, 3.05) is 6.61 Å². The summed E-state index contributed by atoms with van der Waals surface area (Å²) in [7, 11) is 0. The average Bonchev–Trinajstić information content (AvgIpc) is 2.43. The Bertz CT molecular complexity index is 325. The van der Waals surface area contributed by atoms with Gasteiger partial charge in [0.2, 0.25) is 0 Å². The lowest BCUT2D eigenvalue weighted by molar-refractivity contribution is 0.158. The molecule has 70 valence electrons. The monoisotopic (exact) mass is 242 g/mol. The minimum Gasteiger partial charge on any atom is -0.396 e. The fourth-order valence-electron chi connectivity index (χ4n) is 1.90. The molecule has 0 spiro atoms. The Balaban J connectivity index is 2.46. The molecule has 0 radical (unpaired) electrons. The smallest absolute Gasteiger partial charge is 0.0799 e. The third-order valence-electron chi connectivity index (χ3n) is 2.58. The summed E-state index contributed by atoms with van der Waals surface area (Å²) in [6.07, 6.45) is 0.229. The summed E-state index contributed by atoms with van der Waals surface area (Å²) >= 11 is 3.36. The second-order valence-corrected chi connectivity index (χ2v) is 4.32. The van der Waals surface area contributed by atoms with Crippen LogP contribution in [0, 0.1) is 0 Å². The van der Waals surface area contributed by atoms with Gasteiger partial charge in [-0.15, -0.1) is 0 Å². The molecule has 0 saturated carbocycles. The minimum absolute atomic E-state index is 0.109. The first-order chi connectivity index (χ1) is 6.22. The molecule has 1 aliphatic rings. The highest BCUT2D eigenvalue weighted by molar-refractivity contribution is 9.10. The highest BCUT2D eigenvalue weighted by Gasteiger charge is 2.28. The predicted molar refractivity (Wildman–Crippen MR) is 53.5 cm³/mol. The summed E-state index contributed by atoms with van der Waals surface area (Å²) in [6, 6.07) is 5.84. The van der Waals surface area contributed by atoms with Crippen molar-refractivity contribution < 1.29 is 10.2 Å². The zero-order valence-electron chi connectivity index (χ0n) is 7.07. The van der Waals surface area contributed by atoms with Gasteiger partial charge in [0.05, 0.1) is 12.7 Å². The van der Waals surface area contributed by atoms with Crippen LogP contribution in [0.3, 0.4) is 0 Å². The van der Waals surface area contributed by atoms with Gasteiger partial charge in [0, 0.05) is 10.4 Å². The fourth-order valence-corrected chi connectivity index (χ4v) is 2.28. The first-order valence-electron chi connectivity index (χ1n) is 4.30. The largest absolute Gasteiger partial charge is 0.396 e. The van der Waals surface area contributed by atoms with E-state index in [0.29, 0.717) is 6.42 Å². The van der Waals surface area contributed by atoms with Crippen molar-refractivity contribution in [3.8, 4) is 0 Å². The summed E-state index contributed by atoms with van der Waals surface area (Å²) in [4.78, 5) is 0. The van der Waals surface area contributed by atoms with Crippen molar-refractivity contribution in [3.05, 3.63) is 33.8 Å². The number of fused-ring (bicyclic) bond motifs is 1. The SMILES string of the molecule is OC[C@@H]1C[C@@H](O)c2cc(Br)ccc21. The molecule has 0 bridgehead atoms. The van der Waals surface area contributed by atoms with Crippen LogP contribution in [0.4, 0.5) is 0 Å². The summed E-state index contributed by atoms with van der Waals surface area (Å²) < 4.78 is 0.976. The maximum absolute atomic E-state index is 9.68. The molecule has 1 aromatic rings. The predicted octanol–water partition coefficient (Wildman–Crippen LogP) is 1.96. The van der Waals surface area contributed by atoms with Crippen LogP contribution in [0.15, 0.2) is 22.7 Å². The van der Waals surface area contributed by atoms with E-state index in [1.54, 1.807) is 0 Å². The molecule has 2 N–H and O–H groups in total. The van der Waals surface area contributed by atoms with Gasteiger partial charge in [0.1, 0.15) is 0 Å². The Morgan fingerprint density at radius 3 is 2.85 bits per heavy atom. The molecule has 0 heterocycles. The van der Waals surface area contributed by atoms with Crippen LogP contribution in [0.25, 0.3) is 0 Å². The second kappa shape index (κ2) is 3.40. The van der Waals surface area contributed by atoms with Crippen LogP contribution < -0.4 is 0 Å². The lowest BCUT2D eigenvalue weighted by Gasteiger charge is -2.06. The van der Waals surface area contributed by atoms with Crippen molar-refractivity contribution >= 4 is 15.9 Å². The average molecular weight is 243 g/mol. The first-order valence-corrected chi connectivity index (χ1v) is 5.10. The maximum atomic E-state index is 9.68. The van der Waals surface area contributed by atoms with Crippen molar-refractivity contribution in [2.24, 2.45) is 0 Å². The molecule has 2 atom stereocenters. The lowest BCUT2D eigenvalue weighted by atomic mass is 10.0. The Hall–Kier alpha value is -0.380. The number of benzene rings is 1. The number of rotatable bonds is 1. The summed E-state index contributed by atoms with van der Waals surface area (Å²) in [5.74, 6) is 0.109. The van der Waals surface area contributed by atoms with E-state index < -0.39 is 6.10 Å². The quantitative estimate of drug-likeness (QED) is 0.791. The van der Waals surface area contributed by atoms with E-state index in [-0.39, 0.29) is 12.5 Å². The van der Waals surface area contributed by atoms with E-state index in [4.69, 9.17) is 5.11 Å². The maximum Gasteiger partial charge on any atom is 0.0799 e. The molecule has 3 heteroatoms. The van der Waals surface area contributed by atoms with Gasteiger partial charge in [0.25, 0.3) is 0 Å². The van der Waals surface area contributed by atoms with Crippen molar-refractivity contribution in [1.82, 2.24) is 0 Å². The molecule has 0 fully saturated rings. The van der Waals surface area contributed by atoms with E-state index >= 15 is 0 Å². The highest BCUT2D eigenvalue weighted by Crippen LogP contribution is 2.40. The number of hydrogen-bond donors (Lipinski definition) is 2. The number of hydrogen-bond acceptors (Lipinski definition) is 2. The zero-order chi connectivity index (χ0) is 9.42. The van der Waals surface area contributed by atoms with Crippen molar-refractivity contribution in [1.29, 1.82) is 0 Å². The second-order valence-electron chi connectivity index (χ2n) is 3.40. The van der Waals surface area contributed by atoms with Gasteiger partial charge >= 0.3 is 0 Å². The van der Waals surface area contributed by atoms with E-state index in [1.807, 2.05) is 18.2 Å². The summed E-state index contributed by atoms with van der Waals surface area (Å²) in [6.45, 7) is 0.117. The van der Waals surface area contributed by atoms with Crippen molar-refractivity contribution in [3.63, 3.8) is 0 Å². The number of aliphatic hydroxyl groups excluding tert-OH is 2. The Kier molecular flexibility index (Phi) is 2.41. The van der Waals surface area contributed by atoms with E-state index in [1.165, 1.54) is 0 Å². The standard InChI is InChI=1S/C10H11BrO2/c11-7-1-2-8-6(5-12)3-10(13)9(8)4-7/h1-2,4,6,10,12-13H,3,5H2/t6-,10+/m0/s1. The van der Waals surface area contributed by atoms with E-state index in [0.717, 1.165) is 15.6 Å². The van der Waals surface area contributed by atoms with Gasteiger partial charge in [-0.1, -0.05) is 22.0 Å². The molecule has 2 rings (SSSR count). The summed E-state index contributed by atoms with van der Waals surface area (Å²) in [5.41, 5.74) is 2.03. The minimum atomic E-state index is -0.412. The molecule has 0 aromatic heterocycles. The molecule has 1 aliphatic carbocycles. The molecule has 2 nitrogen and oxygen atoms in total. The zero-order valence-corrected chi connectivity index (χ0v) is 8.66. The van der Waals surface area contributed by atoms with Gasteiger partial charge in [-0.2, -0.15) is 0 Å². The molecular weight excluding hydrogens is 232 g/mol. The Morgan fingerprint density at radius 2 is 2.15 bits per heavy atom. The topological polar surface area (TPSA) is 40.5 Å². The Morgan fingerprint density at radius 1 is 1.38 bits per heavy atom. The van der Waals surface area contributed by atoms with Crippen LogP contribution >= 0.6 is 15.9 Å².